The minimum absolute atomic E-state index is 0.0178. The molecule has 4 rings (SSSR count). The molecule has 1 aromatic heterocycles. The molecule has 0 radical (unpaired) electrons. The van der Waals surface area contributed by atoms with Gasteiger partial charge in [0.25, 0.3) is 0 Å². The van der Waals surface area contributed by atoms with E-state index in [1.807, 2.05) is 66.6 Å². The Kier molecular flexibility index (Phi) is 5.95. The summed E-state index contributed by atoms with van der Waals surface area (Å²) in [7, 11) is 0. The molecule has 1 fully saturated rings. The van der Waals surface area contributed by atoms with Gasteiger partial charge in [-0.05, 0) is 45.0 Å². The zero-order valence-electron chi connectivity index (χ0n) is 18.1. The van der Waals surface area contributed by atoms with Gasteiger partial charge in [0.05, 0.1) is 22.6 Å². The van der Waals surface area contributed by atoms with Crippen molar-refractivity contribution < 1.29 is 14.6 Å². The Hall–Kier alpha value is -2.57. The summed E-state index contributed by atoms with van der Waals surface area (Å²) in [6.07, 6.45) is -0.337. The molecule has 0 unspecified atom stereocenters. The fourth-order valence-electron chi connectivity index (χ4n) is 4.14. The number of aromatic nitrogens is 2. The Labute approximate surface area is 187 Å². The lowest BCUT2D eigenvalue weighted by atomic mass is 10.1. The Morgan fingerprint density at radius 3 is 2.61 bits per heavy atom. The first kappa shape index (κ1) is 21.7. The van der Waals surface area contributed by atoms with Crippen LogP contribution in [0.4, 0.5) is 0 Å². The van der Waals surface area contributed by atoms with Gasteiger partial charge in [-0.1, -0.05) is 35.9 Å². The molecule has 1 N–H and O–H groups in total. The lowest BCUT2D eigenvalue weighted by Crippen LogP contribution is -2.42. The average Bonchev–Trinajstić information content (AvgIpc) is 3.28. The number of para-hydroxylation sites is 3. The number of hydrogen-bond acceptors (Lipinski definition) is 4. The number of amides is 1. The monoisotopic (exact) mass is 441 g/mol. The van der Waals surface area contributed by atoms with Crippen LogP contribution in [0.1, 0.15) is 38.9 Å². The number of fused-ring (bicyclic) bond motifs is 1. The fraction of sp³-hybridized carbons (Fsp3) is 0.417. The molecule has 1 aliphatic rings. The van der Waals surface area contributed by atoms with Crippen LogP contribution in [0.15, 0.2) is 48.5 Å². The molecule has 0 saturated carbocycles. The molecule has 2 atom stereocenters. The van der Waals surface area contributed by atoms with Gasteiger partial charge in [0.15, 0.2) is 0 Å². The number of aliphatic hydroxyl groups is 1. The third-order valence-electron chi connectivity index (χ3n) is 5.65. The topological polar surface area (TPSA) is 67.6 Å². The first-order valence-electron chi connectivity index (χ1n) is 10.5. The van der Waals surface area contributed by atoms with Crippen molar-refractivity contribution in [2.24, 2.45) is 0 Å². The quantitative estimate of drug-likeness (QED) is 0.621. The van der Waals surface area contributed by atoms with Crippen molar-refractivity contribution in [2.45, 2.75) is 51.3 Å². The van der Waals surface area contributed by atoms with Crippen LogP contribution >= 0.6 is 11.6 Å². The maximum atomic E-state index is 12.7. The van der Waals surface area contributed by atoms with Crippen LogP contribution in [0.3, 0.4) is 0 Å². The number of halogens is 1. The molecule has 164 valence electrons. The number of carbonyl (C=O) groups excluding carboxylic acids is 1. The van der Waals surface area contributed by atoms with E-state index in [9.17, 15) is 9.90 Å². The van der Waals surface area contributed by atoms with Crippen molar-refractivity contribution >= 4 is 28.5 Å². The van der Waals surface area contributed by atoms with Gasteiger partial charge < -0.3 is 19.3 Å². The Morgan fingerprint density at radius 1 is 1.19 bits per heavy atom. The van der Waals surface area contributed by atoms with Crippen molar-refractivity contribution in [1.29, 1.82) is 0 Å². The van der Waals surface area contributed by atoms with E-state index in [-0.39, 0.29) is 24.0 Å². The first-order chi connectivity index (χ1) is 14.7. The predicted molar refractivity (Wildman–Crippen MR) is 122 cm³/mol. The second kappa shape index (κ2) is 8.52. The van der Waals surface area contributed by atoms with E-state index in [1.165, 1.54) is 0 Å². The predicted octanol–water partition coefficient (Wildman–Crippen LogP) is 4.24. The zero-order valence-corrected chi connectivity index (χ0v) is 18.8. The van der Waals surface area contributed by atoms with Crippen molar-refractivity contribution in [3.8, 4) is 5.75 Å². The second-order valence-corrected chi connectivity index (χ2v) is 9.45. The summed E-state index contributed by atoms with van der Waals surface area (Å²) in [6.45, 7) is 7.19. The highest BCUT2D eigenvalue weighted by atomic mass is 35.5. The minimum atomic E-state index is -0.761. The largest absolute Gasteiger partial charge is 0.489 e. The van der Waals surface area contributed by atoms with E-state index in [0.29, 0.717) is 30.3 Å². The van der Waals surface area contributed by atoms with Crippen LogP contribution in [-0.4, -0.2) is 50.3 Å². The highest BCUT2D eigenvalue weighted by molar-refractivity contribution is 6.32. The van der Waals surface area contributed by atoms with Crippen molar-refractivity contribution in [2.75, 3.05) is 13.2 Å². The van der Waals surface area contributed by atoms with Gasteiger partial charge in [-0.2, -0.15) is 0 Å². The molecular weight excluding hydrogens is 414 g/mol. The molecule has 2 aromatic carbocycles. The Balaban J connectivity index is 1.57. The highest BCUT2D eigenvalue weighted by Crippen LogP contribution is 2.34. The molecule has 31 heavy (non-hydrogen) atoms. The normalized spacial score (nSPS) is 18.0. The van der Waals surface area contributed by atoms with Crippen LogP contribution < -0.4 is 4.74 Å². The molecule has 1 aliphatic heterocycles. The smallest absolute Gasteiger partial charge is 0.223 e. The molecule has 7 heteroatoms. The van der Waals surface area contributed by atoms with E-state index in [4.69, 9.17) is 21.3 Å². The molecule has 3 aromatic rings. The molecule has 0 spiro atoms. The molecular formula is C24H28ClN3O3. The van der Waals surface area contributed by atoms with Crippen LogP contribution in [0.2, 0.25) is 5.02 Å². The average molecular weight is 442 g/mol. The van der Waals surface area contributed by atoms with Crippen molar-refractivity contribution in [3.05, 3.63) is 59.4 Å². The standard InChI is InChI=1S/C24H28ClN3O3/c1-24(2,3)28-13-16(12-22(28)30)23-26-19-9-5-6-10-20(19)27(23)14-17(29)15-31-21-11-7-4-8-18(21)25/h4-11,16-17,29H,12-15H2,1-3H3/t16-,17+/m0/s1. The molecule has 1 saturated heterocycles. The lowest BCUT2D eigenvalue weighted by molar-refractivity contribution is -0.131. The number of aliphatic hydroxyl groups excluding tert-OH is 1. The highest BCUT2D eigenvalue weighted by Gasteiger charge is 2.39. The summed E-state index contributed by atoms with van der Waals surface area (Å²) in [5.74, 6) is 1.49. The number of carbonyl (C=O) groups is 1. The number of nitrogens with zero attached hydrogens (tertiary/aromatic N) is 3. The molecule has 2 heterocycles. The van der Waals surface area contributed by atoms with Crippen molar-refractivity contribution in [3.63, 3.8) is 0 Å². The molecule has 1 amide bonds. The van der Waals surface area contributed by atoms with Crippen LogP contribution in [0, 0.1) is 0 Å². The summed E-state index contributed by atoms with van der Waals surface area (Å²) < 4.78 is 7.75. The number of hydrogen-bond donors (Lipinski definition) is 1. The summed E-state index contributed by atoms with van der Waals surface area (Å²) in [5.41, 5.74) is 1.57. The second-order valence-electron chi connectivity index (χ2n) is 9.04. The lowest BCUT2D eigenvalue weighted by Gasteiger charge is -2.32. The summed E-state index contributed by atoms with van der Waals surface area (Å²) in [4.78, 5) is 19.4. The van der Waals surface area contributed by atoms with Gasteiger partial charge in [0.1, 0.15) is 24.3 Å². The van der Waals surface area contributed by atoms with E-state index in [2.05, 4.69) is 0 Å². The minimum Gasteiger partial charge on any atom is -0.489 e. The van der Waals surface area contributed by atoms with E-state index >= 15 is 0 Å². The Bertz CT molecular complexity index is 1090. The number of ether oxygens (including phenoxy) is 1. The maximum absolute atomic E-state index is 12.7. The SMILES string of the molecule is CC(C)(C)N1C[C@@H](c2nc3ccccc3n2C[C@@H](O)COc2ccccc2Cl)CC1=O. The third kappa shape index (κ3) is 4.55. The van der Waals surface area contributed by atoms with Crippen LogP contribution in [0.5, 0.6) is 5.75 Å². The summed E-state index contributed by atoms with van der Waals surface area (Å²) >= 11 is 6.15. The van der Waals surface area contributed by atoms with Gasteiger partial charge in [-0.3, -0.25) is 4.79 Å². The van der Waals surface area contributed by atoms with E-state index in [1.54, 1.807) is 12.1 Å². The first-order valence-corrected chi connectivity index (χ1v) is 10.9. The molecule has 6 nitrogen and oxygen atoms in total. The van der Waals surface area contributed by atoms with Gasteiger partial charge >= 0.3 is 0 Å². The third-order valence-corrected chi connectivity index (χ3v) is 5.96. The summed E-state index contributed by atoms with van der Waals surface area (Å²) in [5, 5.41) is 11.2. The maximum Gasteiger partial charge on any atom is 0.223 e. The number of rotatable bonds is 6. The Morgan fingerprint density at radius 2 is 1.90 bits per heavy atom. The number of benzene rings is 2. The van der Waals surface area contributed by atoms with Crippen LogP contribution in [0.25, 0.3) is 11.0 Å². The van der Waals surface area contributed by atoms with E-state index in [0.717, 1.165) is 16.9 Å². The van der Waals surface area contributed by atoms with Gasteiger partial charge in [0, 0.05) is 24.4 Å². The number of imidazole rings is 1. The van der Waals surface area contributed by atoms with Crippen LogP contribution in [-0.2, 0) is 11.3 Å². The zero-order chi connectivity index (χ0) is 22.2. The summed E-state index contributed by atoms with van der Waals surface area (Å²) in [6, 6.07) is 15.1. The van der Waals surface area contributed by atoms with E-state index < -0.39 is 6.10 Å². The molecule has 0 aliphatic carbocycles. The fourth-order valence-corrected chi connectivity index (χ4v) is 4.33. The van der Waals surface area contributed by atoms with Gasteiger partial charge in [0.2, 0.25) is 5.91 Å². The number of likely N-dealkylation sites (tertiary alicyclic amines) is 1. The molecule has 0 bridgehead atoms. The van der Waals surface area contributed by atoms with Gasteiger partial charge in [-0.25, -0.2) is 4.98 Å². The van der Waals surface area contributed by atoms with Gasteiger partial charge in [-0.15, -0.1) is 0 Å². The van der Waals surface area contributed by atoms with Crippen molar-refractivity contribution in [1.82, 2.24) is 14.5 Å².